The summed E-state index contributed by atoms with van der Waals surface area (Å²) in [6, 6.07) is 24.1. The van der Waals surface area contributed by atoms with E-state index in [4.69, 9.17) is 17.3 Å². The van der Waals surface area contributed by atoms with Crippen LogP contribution < -0.4 is 5.32 Å². The summed E-state index contributed by atoms with van der Waals surface area (Å²) in [7, 11) is 0. The Morgan fingerprint density at radius 2 is 1.68 bits per heavy atom. The van der Waals surface area contributed by atoms with E-state index in [1.165, 1.54) is 17.7 Å². The highest BCUT2D eigenvalue weighted by Crippen LogP contribution is 2.34. The van der Waals surface area contributed by atoms with E-state index in [-0.39, 0.29) is 11.9 Å². The molecular formula is C26H23FN6S. The van der Waals surface area contributed by atoms with E-state index in [9.17, 15) is 4.39 Å². The van der Waals surface area contributed by atoms with E-state index in [0.29, 0.717) is 11.5 Å². The maximum Gasteiger partial charge on any atom is 0.194 e. The second kappa shape index (κ2) is 9.15. The van der Waals surface area contributed by atoms with E-state index in [1.807, 2.05) is 73.1 Å². The lowest BCUT2D eigenvalue weighted by molar-refractivity contribution is 0.375. The van der Waals surface area contributed by atoms with Crippen LogP contribution >= 0.6 is 12.2 Å². The SMILES string of the molecule is Cc1ccc(-n2nnc(C3=NN(C(=S)Nc4ccccc4)[C@H](c4ccc(F)cc4)C3)c2C)cc1. The topological polar surface area (TPSA) is 58.3 Å². The number of hydrazone groups is 1. The van der Waals surface area contributed by atoms with Crippen LogP contribution in [0.3, 0.4) is 0 Å². The van der Waals surface area contributed by atoms with Crippen molar-refractivity contribution >= 4 is 28.7 Å². The molecule has 34 heavy (non-hydrogen) atoms. The third-order valence-corrected chi connectivity index (χ3v) is 6.13. The van der Waals surface area contributed by atoms with E-state index in [2.05, 4.69) is 15.6 Å². The molecule has 4 aromatic rings. The first-order valence-corrected chi connectivity index (χ1v) is 11.4. The Labute approximate surface area is 202 Å². The van der Waals surface area contributed by atoms with Crippen LogP contribution in [0.2, 0.25) is 0 Å². The predicted molar refractivity (Wildman–Crippen MR) is 136 cm³/mol. The lowest BCUT2D eigenvalue weighted by Crippen LogP contribution is -2.31. The summed E-state index contributed by atoms with van der Waals surface area (Å²) in [5, 5.41) is 19.2. The Hall–Kier alpha value is -3.91. The van der Waals surface area contributed by atoms with Gasteiger partial charge in [0.05, 0.1) is 23.1 Å². The maximum atomic E-state index is 13.6. The van der Waals surface area contributed by atoms with Gasteiger partial charge in [-0.25, -0.2) is 14.1 Å². The van der Waals surface area contributed by atoms with Crippen LogP contribution in [-0.4, -0.2) is 30.8 Å². The van der Waals surface area contributed by atoms with E-state index >= 15 is 0 Å². The van der Waals surface area contributed by atoms with Crippen LogP contribution in [0.1, 0.15) is 35.0 Å². The van der Waals surface area contributed by atoms with Crippen molar-refractivity contribution in [1.82, 2.24) is 20.0 Å². The van der Waals surface area contributed by atoms with Crippen LogP contribution in [0.4, 0.5) is 10.1 Å². The minimum atomic E-state index is -0.281. The lowest BCUT2D eigenvalue weighted by atomic mass is 10.0. The number of hydrogen-bond acceptors (Lipinski definition) is 4. The molecule has 170 valence electrons. The Balaban J connectivity index is 1.49. The molecule has 0 radical (unpaired) electrons. The summed E-state index contributed by atoms with van der Waals surface area (Å²) in [5.41, 5.74) is 6.30. The van der Waals surface area contributed by atoms with Gasteiger partial charge in [0.1, 0.15) is 11.5 Å². The number of thiocarbonyl (C=S) groups is 1. The molecule has 1 aliphatic rings. The van der Waals surface area contributed by atoms with Crippen molar-refractivity contribution in [3.8, 4) is 5.69 Å². The standard InChI is InChI=1S/C26H23FN6S/c1-17-8-14-22(15-9-17)32-18(2)25(29-31-32)23-16-24(19-10-12-20(27)13-11-19)33(30-23)26(34)28-21-6-4-3-5-7-21/h3-15,24H,16H2,1-2H3,(H,28,34)/t24-/m0/s1. The smallest absolute Gasteiger partial charge is 0.194 e. The minimum absolute atomic E-state index is 0.191. The van der Waals surface area contributed by atoms with Crippen LogP contribution in [0.5, 0.6) is 0 Å². The zero-order chi connectivity index (χ0) is 23.7. The highest BCUT2D eigenvalue weighted by atomic mass is 32.1. The summed E-state index contributed by atoms with van der Waals surface area (Å²) in [6.07, 6.45) is 0.565. The minimum Gasteiger partial charge on any atom is -0.331 e. The van der Waals surface area contributed by atoms with Gasteiger partial charge in [0.25, 0.3) is 0 Å². The van der Waals surface area contributed by atoms with Crippen molar-refractivity contribution in [2.75, 3.05) is 5.32 Å². The molecule has 1 atom stereocenters. The second-order valence-electron chi connectivity index (χ2n) is 8.23. The summed E-state index contributed by atoms with van der Waals surface area (Å²) in [5.74, 6) is -0.281. The molecule has 0 saturated carbocycles. The number of nitrogens with zero attached hydrogens (tertiary/aromatic N) is 5. The number of hydrogen-bond donors (Lipinski definition) is 1. The van der Waals surface area contributed by atoms with Gasteiger partial charge in [-0.1, -0.05) is 53.2 Å². The second-order valence-corrected chi connectivity index (χ2v) is 8.62. The molecular weight excluding hydrogens is 447 g/mol. The summed E-state index contributed by atoms with van der Waals surface area (Å²) in [6.45, 7) is 4.03. The Morgan fingerprint density at radius 1 is 0.971 bits per heavy atom. The average molecular weight is 471 g/mol. The van der Waals surface area contributed by atoms with Crippen molar-refractivity contribution in [3.63, 3.8) is 0 Å². The summed E-state index contributed by atoms with van der Waals surface area (Å²) in [4.78, 5) is 0. The molecule has 8 heteroatoms. The van der Waals surface area contributed by atoms with Crippen molar-refractivity contribution in [2.45, 2.75) is 26.3 Å². The normalized spacial score (nSPS) is 15.3. The number of aryl methyl sites for hydroxylation is 1. The monoisotopic (exact) mass is 470 g/mol. The molecule has 1 aliphatic heterocycles. The fourth-order valence-corrected chi connectivity index (χ4v) is 4.30. The van der Waals surface area contributed by atoms with Crippen molar-refractivity contribution in [1.29, 1.82) is 0 Å². The highest BCUT2D eigenvalue weighted by Gasteiger charge is 2.33. The third-order valence-electron chi connectivity index (χ3n) is 5.84. The third kappa shape index (κ3) is 4.32. The lowest BCUT2D eigenvalue weighted by Gasteiger charge is -2.24. The Kier molecular flexibility index (Phi) is 5.90. The van der Waals surface area contributed by atoms with Crippen molar-refractivity contribution in [3.05, 3.63) is 107 Å². The van der Waals surface area contributed by atoms with Gasteiger partial charge in [0.2, 0.25) is 0 Å². The number of benzene rings is 3. The molecule has 0 saturated heterocycles. The van der Waals surface area contributed by atoms with E-state index < -0.39 is 0 Å². The Bertz CT molecular complexity index is 1350. The van der Waals surface area contributed by atoms with Gasteiger partial charge >= 0.3 is 0 Å². The molecule has 0 aliphatic carbocycles. The van der Waals surface area contributed by atoms with E-state index in [1.54, 1.807) is 17.1 Å². The van der Waals surface area contributed by atoms with Crippen LogP contribution in [0.15, 0.2) is 84.0 Å². The predicted octanol–water partition coefficient (Wildman–Crippen LogP) is 5.57. The molecule has 0 bridgehead atoms. The largest absolute Gasteiger partial charge is 0.331 e. The molecule has 3 aromatic carbocycles. The summed E-state index contributed by atoms with van der Waals surface area (Å²) < 4.78 is 15.4. The van der Waals surface area contributed by atoms with Crippen LogP contribution in [0.25, 0.3) is 5.69 Å². The quantitative estimate of drug-likeness (QED) is 0.395. The number of halogens is 1. The molecule has 1 aromatic heterocycles. The van der Waals surface area contributed by atoms with Gasteiger partial charge in [-0.15, -0.1) is 5.10 Å². The molecule has 2 heterocycles. The van der Waals surface area contributed by atoms with Crippen LogP contribution in [-0.2, 0) is 0 Å². The van der Waals surface area contributed by atoms with Crippen LogP contribution in [0, 0.1) is 19.7 Å². The summed E-state index contributed by atoms with van der Waals surface area (Å²) >= 11 is 5.72. The van der Waals surface area contributed by atoms with Gasteiger partial charge in [-0.05, 0) is 68.0 Å². The first-order valence-electron chi connectivity index (χ1n) is 11.0. The van der Waals surface area contributed by atoms with Gasteiger partial charge in [-0.2, -0.15) is 5.10 Å². The number of rotatable bonds is 4. The number of anilines is 1. The fraction of sp³-hybridized carbons (Fsp3) is 0.154. The first-order chi connectivity index (χ1) is 16.5. The van der Waals surface area contributed by atoms with Gasteiger partial charge in [0, 0.05) is 12.1 Å². The zero-order valence-corrected chi connectivity index (χ0v) is 19.6. The van der Waals surface area contributed by atoms with Gasteiger partial charge < -0.3 is 5.32 Å². The zero-order valence-electron chi connectivity index (χ0n) is 18.8. The average Bonchev–Trinajstić information content (AvgIpc) is 3.45. The molecule has 0 amide bonds. The number of para-hydroxylation sites is 1. The van der Waals surface area contributed by atoms with Gasteiger partial charge in [0.15, 0.2) is 5.11 Å². The molecule has 5 rings (SSSR count). The van der Waals surface area contributed by atoms with E-state index in [0.717, 1.165) is 34.0 Å². The fourth-order valence-electron chi connectivity index (χ4n) is 4.01. The van der Waals surface area contributed by atoms with Crippen molar-refractivity contribution < 1.29 is 4.39 Å². The number of nitrogens with one attached hydrogen (secondary N) is 1. The molecule has 1 N–H and O–H groups in total. The molecule has 0 fully saturated rings. The van der Waals surface area contributed by atoms with Crippen molar-refractivity contribution in [2.24, 2.45) is 5.10 Å². The molecule has 6 nitrogen and oxygen atoms in total. The number of aromatic nitrogens is 3. The molecule has 0 unspecified atom stereocenters. The van der Waals surface area contributed by atoms with Gasteiger partial charge in [-0.3, -0.25) is 0 Å². The first kappa shape index (κ1) is 21.9. The highest BCUT2D eigenvalue weighted by molar-refractivity contribution is 7.80. The Morgan fingerprint density at radius 3 is 2.38 bits per heavy atom. The molecule has 0 spiro atoms. The maximum absolute atomic E-state index is 13.6.